The molecular weight excluding hydrogens is 193 g/mol. The molecule has 1 unspecified atom stereocenters. The first-order valence-corrected chi connectivity index (χ1v) is 5.50. The van der Waals surface area contributed by atoms with Gasteiger partial charge in [-0.05, 0) is 20.8 Å². The molecule has 0 bridgehead atoms. The molecule has 0 aliphatic heterocycles. The number of nitrogens with zero attached hydrogens (tertiary/aromatic N) is 1. The predicted molar refractivity (Wildman–Crippen MR) is 47.1 cm³/mol. The van der Waals surface area contributed by atoms with E-state index < -0.39 is 12.9 Å². The molecule has 0 aromatic heterocycles. The van der Waals surface area contributed by atoms with Crippen molar-refractivity contribution in [3.8, 4) is 6.07 Å². The average molecular weight is 207 g/mol. The highest BCUT2D eigenvalue weighted by Gasteiger charge is 2.46. The van der Waals surface area contributed by atoms with Gasteiger partial charge >= 0.3 is 7.60 Å². The largest absolute Gasteiger partial charge is 0.376 e. The summed E-state index contributed by atoms with van der Waals surface area (Å²) in [6, 6.07) is 1.49. The van der Waals surface area contributed by atoms with Crippen molar-refractivity contribution in [2.24, 2.45) is 0 Å². The molecule has 0 aliphatic carbocycles. The van der Waals surface area contributed by atoms with Crippen LogP contribution >= 0.6 is 7.60 Å². The highest BCUT2D eigenvalue weighted by Crippen LogP contribution is 2.58. The van der Waals surface area contributed by atoms with Crippen molar-refractivity contribution in [3.63, 3.8) is 0 Å². The molecule has 1 N–H and O–H groups in total. The minimum Gasteiger partial charge on any atom is -0.366 e. The van der Waals surface area contributed by atoms with Crippen LogP contribution < -0.4 is 0 Å². The van der Waals surface area contributed by atoms with Gasteiger partial charge in [0.25, 0.3) is 5.34 Å². The second-order valence-corrected chi connectivity index (χ2v) is 4.85. The van der Waals surface area contributed by atoms with E-state index in [9.17, 15) is 9.67 Å². The maximum absolute atomic E-state index is 11.7. The summed E-state index contributed by atoms with van der Waals surface area (Å²) in [5, 5.41) is 15.9. The van der Waals surface area contributed by atoms with E-state index in [0.29, 0.717) is 0 Å². The van der Waals surface area contributed by atoms with Crippen molar-refractivity contribution in [2.45, 2.75) is 26.1 Å². The van der Waals surface area contributed by atoms with Crippen LogP contribution in [-0.2, 0) is 13.6 Å². The van der Waals surface area contributed by atoms with Crippen molar-refractivity contribution < 1.29 is 18.7 Å². The molecule has 76 valence electrons. The predicted octanol–water partition coefficient (Wildman–Crippen LogP) is 1.48. The third-order valence-corrected chi connectivity index (χ3v) is 3.71. The number of hydrogen-bond donors (Lipinski definition) is 1. The van der Waals surface area contributed by atoms with Crippen molar-refractivity contribution in [2.75, 3.05) is 13.2 Å². The Morgan fingerprint density at radius 3 is 2.08 bits per heavy atom. The molecule has 0 rings (SSSR count). The first kappa shape index (κ1) is 12.6. The monoisotopic (exact) mass is 207 g/mol. The Balaban J connectivity index is 4.80. The molecule has 6 heteroatoms. The minimum absolute atomic E-state index is 0.120. The fourth-order valence-electron chi connectivity index (χ4n) is 0.690. The van der Waals surface area contributed by atoms with Gasteiger partial charge in [-0.1, -0.05) is 0 Å². The summed E-state index contributed by atoms with van der Waals surface area (Å²) < 4.78 is 21.3. The lowest BCUT2D eigenvalue weighted by atomic mass is 10.5. The molecule has 0 fully saturated rings. The topological polar surface area (TPSA) is 79.6 Å². The van der Waals surface area contributed by atoms with E-state index in [1.165, 1.54) is 6.07 Å². The van der Waals surface area contributed by atoms with Crippen molar-refractivity contribution in [3.05, 3.63) is 0 Å². The zero-order chi connectivity index (χ0) is 10.5. The van der Waals surface area contributed by atoms with E-state index >= 15 is 0 Å². The first-order chi connectivity index (χ1) is 5.93. The van der Waals surface area contributed by atoms with E-state index in [1.54, 1.807) is 13.8 Å². The Kier molecular flexibility index (Phi) is 4.58. The lowest BCUT2D eigenvalue weighted by molar-refractivity contribution is 0.120. The third kappa shape index (κ3) is 2.78. The molecule has 0 saturated heterocycles. The summed E-state index contributed by atoms with van der Waals surface area (Å²) in [5.74, 6) is 0. The molecule has 1 atom stereocenters. The second-order valence-electron chi connectivity index (χ2n) is 2.47. The van der Waals surface area contributed by atoms with Gasteiger partial charge in [0, 0.05) is 0 Å². The lowest BCUT2D eigenvalue weighted by Crippen LogP contribution is -2.24. The van der Waals surface area contributed by atoms with Gasteiger partial charge in [-0.3, -0.25) is 4.57 Å². The molecule has 5 nitrogen and oxygen atoms in total. The highest BCUT2D eigenvalue weighted by molar-refractivity contribution is 7.55. The summed E-state index contributed by atoms with van der Waals surface area (Å²) in [5.41, 5.74) is 0. The Hall–Kier alpha value is -0.400. The van der Waals surface area contributed by atoms with E-state index in [-0.39, 0.29) is 13.2 Å². The van der Waals surface area contributed by atoms with Crippen LogP contribution in [0.4, 0.5) is 0 Å². The lowest BCUT2D eigenvalue weighted by Gasteiger charge is -2.25. The van der Waals surface area contributed by atoms with Crippen LogP contribution in [0.15, 0.2) is 0 Å². The molecule has 0 aromatic rings. The molecule has 0 spiro atoms. The maximum atomic E-state index is 11.7. The minimum atomic E-state index is -3.73. The van der Waals surface area contributed by atoms with Crippen molar-refractivity contribution in [1.29, 1.82) is 5.26 Å². The zero-order valence-electron chi connectivity index (χ0n) is 7.98. The molecule has 0 radical (unpaired) electrons. The Bertz CT molecular complexity index is 235. The standard InChI is InChI=1S/C7H14NO4P/c1-4-11-13(10,12-5-2)7(3,9)6-8/h9H,4-5H2,1-3H3. The molecule has 0 amide bonds. The van der Waals surface area contributed by atoms with Crippen LogP contribution in [0, 0.1) is 11.3 Å². The summed E-state index contributed by atoms with van der Waals surface area (Å²) >= 11 is 0. The van der Waals surface area contributed by atoms with Gasteiger partial charge in [0.1, 0.15) is 6.07 Å². The molecule has 0 heterocycles. The normalized spacial score (nSPS) is 16.2. The summed E-state index contributed by atoms with van der Waals surface area (Å²) in [6.45, 7) is 4.57. The van der Waals surface area contributed by atoms with Crippen LogP contribution in [0.25, 0.3) is 0 Å². The summed E-state index contributed by atoms with van der Waals surface area (Å²) in [6.07, 6.45) is 0. The van der Waals surface area contributed by atoms with E-state index in [2.05, 4.69) is 0 Å². The Morgan fingerprint density at radius 2 is 1.85 bits per heavy atom. The number of rotatable bonds is 5. The van der Waals surface area contributed by atoms with E-state index in [4.69, 9.17) is 14.3 Å². The molecule has 0 aliphatic rings. The van der Waals surface area contributed by atoms with E-state index in [1.807, 2.05) is 0 Å². The third-order valence-electron chi connectivity index (χ3n) is 1.34. The quantitative estimate of drug-likeness (QED) is 0.545. The number of nitriles is 1. The van der Waals surface area contributed by atoms with Gasteiger partial charge in [0.2, 0.25) is 0 Å². The van der Waals surface area contributed by atoms with Crippen LogP contribution in [0.2, 0.25) is 0 Å². The van der Waals surface area contributed by atoms with Crippen LogP contribution in [0.3, 0.4) is 0 Å². The van der Waals surface area contributed by atoms with Crippen LogP contribution in [0.5, 0.6) is 0 Å². The van der Waals surface area contributed by atoms with Crippen molar-refractivity contribution >= 4 is 7.60 Å². The zero-order valence-corrected chi connectivity index (χ0v) is 8.88. The molecule has 13 heavy (non-hydrogen) atoms. The number of hydrogen-bond acceptors (Lipinski definition) is 5. The molecule has 0 saturated carbocycles. The smallest absolute Gasteiger partial charge is 0.366 e. The van der Waals surface area contributed by atoms with Crippen molar-refractivity contribution in [1.82, 2.24) is 0 Å². The fourth-order valence-corrected chi connectivity index (χ4v) is 2.07. The number of aliphatic hydroxyl groups is 1. The van der Waals surface area contributed by atoms with Gasteiger partial charge in [-0.15, -0.1) is 0 Å². The van der Waals surface area contributed by atoms with Gasteiger partial charge in [-0.25, -0.2) is 0 Å². The van der Waals surface area contributed by atoms with E-state index in [0.717, 1.165) is 6.92 Å². The molecule has 0 aromatic carbocycles. The Morgan fingerprint density at radius 1 is 1.46 bits per heavy atom. The van der Waals surface area contributed by atoms with Gasteiger partial charge < -0.3 is 14.2 Å². The Labute approximate surface area is 77.8 Å². The molecular formula is C7H14NO4P. The SMILES string of the molecule is CCOP(=O)(OCC)C(C)(O)C#N. The van der Waals surface area contributed by atoms with Gasteiger partial charge in [0.15, 0.2) is 0 Å². The average Bonchev–Trinajstić information content (AvgIpc) is 2.05. The van der Waals surface area contributed by atoms with Gasteiger partial charge in [0.05, 0.1) is 13.2 Å². The summed E-state index contributed by atoms with van der Waals surface area (Å²) in [7, 11) is -3.73. The maximum Gasteiger partial charge on any atom is 0.376 e. The first-order valence-electron chi connectivity index (χ1n) is 3.96. The van der Waals surface area contributed by atoms with Crippen LogP contribution in [0.1, 0.15) is 20.8 Å². The second kappa shape index (κ2) is 4.73. The van der Waals surface area contributed by atoms with Gasteiger partial charge in [-0.2, -0.15) is 5.26 Å². The summed E-state index contributed by atoms with van der Waals surface area (Å²) in [4.78, 5) is 0. The van der Waals surface area contributed by atoms with Crippen LogP contribution in [-0.4, -0.2) is 23.7 Å². The fraction of sp³-hybridized carbons (Fsp3) is 0.857. The highest BCUT2D eigenvalue weighted by atomic mass is 31.2.